The fourth-order valence-electron chi connectivity index (χ4n) is 11.0. The number of aliphatic hydroxyl groups excluding tert-OH is 1. The van der Waals surface area contributed by atoms with Crippen LogP contribution in [0.1, 0.15) is 336 Å². The van der Waals surface area contributed by atoms with Gasteiger partial charge in [-0.3, -0.25) is 37.3 Å². The first-order valence-corrected chi connectivity index (χ1v) is 45.7. The Balaban J connectivity index is 5.45. The Morgan fingerprint density at radius 1 is 0.264 bits per heavy atom. The lowest BCUT2D eigenvalue weighted by atomic mass is 10.0. The van der Waals surface area contributed by atoms with Gasteiger partial charge in [-0.1, -0.05) is 314 Å². The third-order valence-corrected chi connectivity index (χ3v) is 19.4. The van der Waals surface area contributed by atoms with Crippen LogP contribution in [0.25, 0.3) is 0 Å². The van der Waals surface area contributed by atoms with Crippen molar-refractivity contribution in [2.75, 3.05) is 39.6 Å². The maximum atomic E-state index is 13.1. The number of esters is 4. The number of phosphoric ester groups is 2. The quantitative estimate of drug-likeness (QED) is 0.0169. The second-order valence-corrected chi connectivity index (χ2v) is 30.9. The number of rotatable bonds is 79. The molecule has 0 saturated carbocycles. The zero-order valence-electron chi connectivity index (χ0n) is 68.9. The smallest absolute Gasteiger partial charge is 0.462 e. The normalized spacial score (nSPS) is 14.6. The van der Waals surface area contributed by atoms with Crippen LogP contribution in [0, 0.1) is 0 Å². The summed E-state index contributed by atoms with van der Waals surface area (Å²) < 4.78 is 68.8. The summed E-state index contributed by atoms with van der Waals surface area (Å²) in [6, 6.07) is 0. The highest BCUT2D eigenvalue weighted by Gasteiger charge is 2.30. The molecule has 0 spiro atoms. The summed E-state index contributed by atoms with van der Waals surface area (Å²) in [5.74, 6) is -2.26. The van der Waals surface area contributed by atoms with Gasteiger partial charge in [0.25, 0.3) is 0 Å². The fraction of sp³-hybridized carbons (Fsp3) is 0.670. The molecule has 5 unspecified atom stereocenters. The van der Waals surface area contributed by atoms with E-state index in [9.17, 15) is 43.2 Å². The molecule has 0 aliphatic heterocycles. The van der Waals surface area contributed by atoms with Crippen LogP contribution in [-0.4, -0.2) is 96.7 Å². The van der Waals surface area contributed by atoms with Gasteiger partial charge in [0.05, 0.1) is 26.4 Å². The minimum absolute atomic E-state index is 0.0429. The molecule has 0 amide bonds. The Labute approximate surface area is 668 Å². The number of ether oxygens (including phenoxy) is 4. The van der Waals surface area contributed by atoms with Crippen molar-refractivity contribution in [2.24, 2.45) is 0 Å². The van der Waals surface area contributed by atoms with Crippen LogP contribution in [0.3, 0.4) is 0 Å². The largest absolute Gasteiger partial charge is 0.472 e. The second kappa shape index (κ2) is 81.7. The van der Waals surface area contributed by atoms with Gasteiger partial charge in [-0.15, -0.1) is 0 Å². The van der Waals surface area contributed by atoms with Crippen molar-refractivity contribution in [1.82, 2.24) is 0 Å². The van der Waals surface area contributed by atoms with E-state index in [0.29, 0.717) is 25.7 Å². The van der Waals surface area contributed by atoms with Crippen LogP contribution < -0.4 is 0 Å². The zero-order chi connectivity index (χ0) is 80.3. The molecule has 0 heterocycles. The number of carbonyl (C=O) groups excluding carboxylic acids is 4. The Morgan fingerprint density at radius 2 is 0.473 bits per heavy atom. The predicted molar refractivity (Wildman–Crippen MR) is 454 cm³/mol. The molecule has 0 radical (unpaired) electrons. The molecule has 19 heteroatoms. The number of phosphoric acid groups is 2. The molecule has 0 bridgehead atoms. The van der Waals surface area contributed by atoms with Gasteiger partial charge in [0.1, 0.15) is 19.3 Å². The van der Waals surface area contributed by atoms with E-state index in [-0.39, 0.29) is 25.7 Å². The maximum Gasteiger partial charge on any atom is 0.472 e. The standard InChI is InChI=1S/C91H152O17P2/c1-5-9-13-17-21-25-29-33-36-39-42-45-48-52-55-59-63-67-71-75-88(93)101-81-86(107-90(95)77-73-69-65-61-57-51-32-28-24-20-16-12-8-4)83-105-109(97,98)103-79-85(92)80-104-110(99,100)106-84-87(108-91(96)78-74-70-66-62-58-54-50-47-44-41-38-35-31-27-23-19-15-11-7-3)82-102-89(94)76-72-68-64-60-56-53-49-46-43-40-37-34-30-26-22-18-14-10-6-2/h10-11,14-15,21-23,25-27,33-38,42-47,53-54,56,58,85-87,92H,5-9,12-13,16-20,24,28-32,39-41,48-52,55,57,59-84H2,1-4H3,(H,97,98)(H,99,100)/b14-10-,15-11-,25-21-,26-22-,27-23-,36-33-,37-34-,38-35-,45-42-,46-43-,47-44-,56-53-,58-54-. The van der Waals surface area contributed by atoms with Crippen molar-refractivity contribution < 1.29 is 80.2 Å². The van der Waals surface area contributed by atoms with Crippen molar-refractivity contribution in [3.05, 3.63) is 158 Å². The van der Waals surface area contributed by atoms with Crippen LogP contribution in [-0.2, 0) is 65.4 Å². The van der Waals surface area contributed by atoms with E-state index >= 15 is 0 Å². The molecule has 0 rings (SSSR count). The molecule has 0 aliphatic rings. The van der Waals surface area contributed by atoms with Crippen LogP contribution in [0.5, 0.6) is 0 Å². The molecule has 0 aromatic heterocycles. The van der Waals surface area contributed by atoms with Crippen LogP contribution in [0.2, 0.25) is 0 Å². The Morgan fingerprint density at radius 3 is 0.755 bits per heavy atom. The molecule has 628 valence electrons. The van der Waals surface area contributed by atoms with E-state index in [4.69, 9.17) is 37.0 Å². The van der Waals surface area contributed by atoms with Gasteiger partial charge in [-0.05, 0) is 154 Å². The summed E-state index contributed by atoms with van der Waals surface area (Å²) in [5.41, 5.74) is 0. The van der Waals surface area contributed by atoms with Gasteiger partial charge in [-0.2, -0.15) is 0 Å². The van der Waals surface area contributed by atoms with Crippen molar-refractivity contribution in [1.29, 1.82) is 0 Å². The van der Waals surface area contributed by atoms with Gasteiger partial charge in [-0.25, -0.2) is 9.13 Å². The summed E-state index contributed by atoms with van der Waals surface area (Å²) in [4.78, 5) is 73.2. The average Bonchev–Trinajstić information content (AvgIpc) is 0.900. The van der Waals surface area contributed by atoms with E-state index in [1.165, 1.54) is 70.6 Å². The van der Waals surface area contributed by atoms with Gasteiger partial charge >= 0.3 is 39.5 Å². The lowest BCUT2D eigenvalue weighted by molar-refractivity contribution is -0.161. The van der Waals surface area contributed by atoms with Crippen molar-refractivity contribution >= 4 is 39.5 Å². The molecule has 17 nitrogen and oxygen atoms in total. The monoisotopic (exact) mass is 1580 g/mol. The van der Waals surface area contributed by atoms with Crippen LogP contribution in [0.15, 0.2) is 158 Å². The Bertz CT molecular complexity index is 2700. The van der Waals surface area contributed by atoms with E-state index in [0.717, 1.165) is 186 Å². The SMILES string of the molecule is CC/C=C\C/C=C\C/C=C\C/C=C\C/C=C\CCCCCC(=O)OCC(COP(=O)(O)OCC(O)COP(=O)(O)OCC(COC(=O)CCCCCCCC/C=C\C/C=C\C/C=C\CCCCC)OC(=O)CCCCCCCCCCCCCCC)OC(=O)CCCCC/C=C\C/C=C\C/C=C\C/C=C\C/C=C\CC. The lowest BCUT2D eigenvalue weighted by Gasteiger charge is -2.21. The molecule has 0 saturated heterocycles. The minimum atomic E-state index is -5.01. The summed E-state index contributed by atoms with van der Waals surface area (Å²) in [6.07, 6.45) is 96.3. The van der Waals surface area contributed by atoms with Gasteiger partial charge < -0.3 is 33.8 Å². The third-order valence-electron chi connectivity index (χ3n) is 17.5. The summed E-state index contributed by atoms with van der Waals surface area (Å²) in [7, 11) is -10.00. The Hall–Kier alpha value is -5.32. The number of carbonyl (C=O) groups is 4. The molecular formula is C91H152O17P2. The molecule has 0 aromatic rings. The zero-order valence-corrected chi connectivity index (χ0v) is 70.7. The number of allylic oxidation sites excluding steroid dienone is 26. The molecule has 5 atom stereocenters. The van der Waals surface area contributed by atoms with E-state index in [1.54, 1.807) is 0 Å². The molecule has 0 aromatic carbocycles. The topological polar surface area (TPSA) is 237 Å². The third kappa shape index (κ3) is 80.7. The van der Waals surface area contributed by atoms with E-state index < -0.39 is 97.5 Å². The summed E-state index contributed by atoms with van der Waals surface area (Å²) in [6.45, 7) is 4.56. The first-order chi connectivity index (χ1) is 53.7. The van der Waals surface area contributed by atoms with Gasteiger partial charge in [0.2, 0.25) is 0 Å². The number of hydrogen-bond donors (Lipinski definition) is 3. The Kier molecular flexibility index (Phi) is 77.7. The predicted octanol–water partition coefficient (Wildman–Crippen LogP) is 25.6. The number of hydrogen-bond acceptors (Lipinski definition) is 15. The lowest BCUT2D eigenvalue weighted by Crippen LogP contribution is -2.30. The molecule has 3 N–H and O–H groups in total. The minimum Gasteiger partial charge on any atom is -0.462 e. The van der Waals surface area contributed by atoms with Crippen molar-refractivity contribution in [3.63, 3.8) is 0 Å². The van der Waals surface area contributed by atoms with Crippen LogP contribution in [0.4, 0.5) is 0 Å². The summed E-state index contributed by atoms with van der Waals surface area (Å²) in [5, 5.41) is 10.7. The van der Waals surface area contributed by atoms with E-state index in [1.807, 2.05) is 0 Å². The number of aliphatic hydroxyl groups is 1. The second-order valence-electron chi connectivity index (χ2n) is 28.0. The highest BCUT2D eigenvalue weighted by Crippen LogP contribution is 2.45. The average molecular weight is 1580 g/mol. The summed E-state index contributed by atoms with van der Waals surface area (Å²) >= 11 is 0. The molecule has 0 fully saturated rings. The first-order valence-electron chi connectivity index (χ1n) is 42.7. The maximum absolute atomic E-state index is 13.1. The molecule has 0 aliphatic carbocycles. The van der Waals surface area contributed by atoms with Gasteiger partial charge in [0.15, 0.2) is 12.2 Å². The fourth-order valence-corrected chi connectivity index (χ4v) is 12.6. The highest BCUT2D eigenvalue weighted by atomic mass is 31.2. The van der Waals surface area contributed by atoms with Crippen LogP contribution >= 0.6 is 15.6 Å². The van der Waals surface area contributed by atoms with Crippen molar-refractivity contribution in [3.8, 4) is 0 Å². The van der Waals surface area contributed by atoms with Gasteiger partial charge in [0, 0.05) is 25.7 Å². The highest BCUT2D eigenvalue weighted by molar-refractivity contribution is 7.47. The van der Waals surface area contributed by atoms with E-state index in [2.05, 4.69) is 186 Å². The van der Waals surface area contributed by atoms with Crippen molar-refractivity contribution in [2.45, 2.75) is 354 Å². The number of unbranched alkanes of at least 4 members (excludes halogenated alkanes) is 27. The first kappa shape index (κ1) is 105. The molecule has 110 heavy (non-hydrogen) atoms. The molecular weight excluding hydrogens is 1430 g/mol.